The zero-order valence-corrected chi connectivity index (χ0v) is 4.89. The van der Waals surface area contributed by atoms with Crippen LogP contribution in [-0.2, 0) is 6.61 Å². The lowest BCUT2D eigenvalue weighted by Crippen LogP contribution is -3.00. The Morgan fingerprint density at radius 2 is 2.50 bits per heavy atom. The Labute approximate surface area is 53.2 Å². The first-order valence-electron chi connectivity index (χ1n) is 2.01. The van der Waals surface area contributed by atoms with Crippen LogP contribution in [0.5, 0.6) is 0 Å². The summed E-state index contributed by atoms with van der Waals surface area (Å²) in [6.45, 7) is 0.0417. The van der Waals surface area contributed by atoms with Gasteiger partial charge in [-0.3, -0.25) is 0 Å². The van der Waals surface area contributed by atoms with Crippen LogP contribution in [-0.4, -0.2) is 15.1 Å². The molecule has 0 saturated heterocycles. The van der Waals surface area contributed by atoms with Crippen molar-refractivity contribution in [2.45, 2.75) is 6.61 Å². The second-order valence-corrected chi connectivity index (χ2v) is 1.23. The number of hydrogen-bond acceptors (Lipinski definition) is 2. The van der Waals surface area contributed by atoms with Crippen molar-refractivity contribution >= 4 is 0 Å². The van der Waals surface area contributed by atoms with E-state index in [0.717, 1.165) is 5.69 Å². The maximum Gasteiger partial charge on any atom is 0.0922 e. The SMILES string of the molecule is OCc1cnc[nH]1.[Cl-]. The van der Waals surface area contributed by atoms with Crippen LogP contribution in [0.1, 0.15) is 5.69 Å². The Hall–Kier alpha value is -0.540. The van der Waals surface area contributed by atoms with Crippen LogP contribution in [0.15, 0.2) is 12.5 Å². The first kappa shape index (κ1) is 7.46. The summed E-state index contributed by atoms with van der Waals surface area (Å²) in [6, 6.07) is 0. The fraction of sp³-hybridized carbons (Fsp3) is 0.250. The number of aliphatic hydroxyl groups excluding tert-OH is 1. The van der Waals surface area contributed by atoms with Gasteiger partial charge in [-0.05, 0) is 0 Å². The van der Waals surface area contributed by atoms with E-state index >= 15 is 0 Å². The maximum atomic E-state index is 8.36. The average molecular weight is 134 g/mol. The predicted octanol–water partition coefficient (Wildman–Crippen LogP) is -3.09. The highest BCUT2D eigenvalue weighted by atomic mass is 35.5. The Morgan fingerprint density at radius 1 is 1.75 bits per heavy atom. The van der Waals surface area contributed by atoms with E-state index in [1.165, 1.54) is 6.33 Å². The molecule has 1 rings (SSSR count). The number of nitrogens with one attached hydrogen (secondary N) is 1. The fourth-order valence-corrected chi connectivity index (χ4v) is 0.371. The molecule has 3 nitrogen and oxygen atoms in total. The van der Waals surface area contributed by atoms with E-state index in [9.17, 15) is 0 Å². The average Bonchev–Trinajstić information content (AvgIpc) is 2.14. The summed E-state index contributed by atoms with van der Waals surface area (Å²) in [4.78, 5) is 6.40. The molecule has 0 radical (unpaired) electrons. The maximum absolute atomic E-state index is 8.36. The van der Waals surface area contributed by atoms with E-state index in [-0.39, 0.29) is 19.0 Å². The molecule has 1 aromatic rings. The molecule has 46 valence electrons. The third-order valence-corrected chi connectivity index (χ3v) is 0.725. The van der Waals surface area contributed by atoms with Crippen LogP contribution in [0, 0.1) is 0 Å². The molecule has 0 aliphatic heterocycles. The Kier molecular flexibility index (Phi) is 3.23. The van der Waals surface area contributed by atoms with E-state index < -0.39 is 0 Å². The first-order valence-corrected chi connectivity index (χ1v) is 2.01. The lowest BCUT2D eigenvalue weighted by molar-refractivity contribution is -0.00000252. The molecule has 0 unspecified atom stereocenters. The summed E-state index contributed by atoms with van der Waals surface area (Å²) in [5.41, 5.74) is 0.750. The molecule has 0 bridgehead atoms. The minimum absolute atomic E-state index is 0. The number of aliphatic hydroxyl groups is 1. The van der Waals surface area contributed by atoms with Crippen LogP contribution in [0.3, 0.4) is 0 Å². The van der Waals surface area contributed by atoms with Crippen LogP contribution >= 0.6 is 0 Å². The van der Waals surface area contributed by atoms with Gasteiger partial charge in [0.05, 0.1) is 24.8 Å². The standard InChI is InChI=1S/C4H6N2O.ClH/c7-2-4-1-5-3-6-4;/h1,3,7H,2H2,(H,5,6);1H/p-1. The molecular weight excluding hydrogens is 128 g/mol. The molecule has 1 heterocycles. The van der Waals surface area contributed by atoms with Gasteiger partial charge in [-0.2, -0.15) is 0 Å². The molecule has 0 spiro atoms. The summed E-state index contributed by atoms with van der Waals surface area (Å²) >= 11 is 0. The van der Waals surface area contributed by atoms with Crippen LogP contribution in [0.2, 0.25) is 0 Å². The van der Waals surface area contributed by atoms with Gasteiger partial charge in [-0.25, -0.2) is 4.98 Å². The van der Waals surface area contributed by atoms with Crippen molar-refractivity contribution in [1.29, 1.82) is 0 Å². The van der Waals surface area contributed by atoms with E-state index in [1.54, 1.807) is 6.20 Å². The van der Waals surface area contributed by atoms with E-state index in [2.05, 4.69) is 9.97 Å². The number of hydrogen-bond donors (Lipinski definition) is 2. The quantitative estimate of drug-likeness (QED) is 0.427. The molecule has 0 aliphatic carbocycles. The molecular formula is C4H6ClN2O-. The second-order valence-electron chi connectivity index (χ2n) is 1.23. The zero-order chi connectivity index (χ0) is 5.11. The van der Waals surface area contributed by atoms with Crippen molar-refractivity contribution in [3.05, 3.63) is 18.2 Å². The van der Waals surface area contributed by atoms with Gasteiger partial charge in [0, 0.05) is 0 Å². The van der Waals surface area contributed by atoms with Gasteiger partial charge < -0.3 is 22.5 Å². The summed E-state index contributed by atoms with van der Waals surface area (Å²) in [5.74, 6) is 0. The lowest BCUT2D eigenvalue weighted by Gasteiger charge is -1.79. The van der Waals surface area contributed by atoms with Gasteiger partial charge in [-0.15, -0.1) is 0 Å². The summed E-state index contributed by atoms with van der Waals surface area (Å²) in [6.07, 6.45) is 3.12. The molecule has 1 aromatic heterocycles. The largest absolute Gasteiger partial charge is 1.00 e. The van der Waals surface area contributed by atoms with Gasteiger partial charge in [-0.1, -0.05) is 0 Å². The number of nitrogens with zero attached hydrogens (tertiary/aromatic N) is 1. The number of aromatic amines is 1. The second kappa shape index (κ2) is 3.46. The first-order chi connectivity index (χ1) is 3.43. The Bertz CT molecular complexity index is 129. The van der Waals surface area contributed by atoms with Gasteiger partial charge in [0.2, 0.25) is 0 Å². The van der Waals surface area contributed by atoms with Crippen LogP contribution in [0.25, 0.3) is 0 Å². The monoisotopic (exact) mass is 133 g/mol. The molecule has 8 heavy (non-hydrogen) atoms. The van der Waals surface area contributed by atoms with Crippen molar-refractivity contribution < 1.29 is 17.5 Å². The smallest absolute Gasteiger partial charge is 0.0922 e. The van der Waals surface area contributed by atoms with Crippen LogP contribution in [0.4, 0.5) is 0 Å². The van der Waals surface area contributed by atoms with E-state index in [4.69, 9.17) is 5.11 Å². The molecule has 0 atom stereocenters. The number of halogens is 1. The molecule has 2 N–H and O–H groups in total. The van der Waals surface area contributed by atoms with E-state index in [0.29, 0.717) is 0 Å². The molecule has 0 aromatic carbocycles. The number of aromatic nitrogens is 2. The minimum atomic E-state index is 0. The highest BCUT2D eigenvalue weighted by molar-refractivity contribution is 4.90. The fourth-order valence-electron chi connectivity index (χ4n) is 0.371. The topological polar surface area (TPSA) is 48.9 Å². The van der Waals surface area contributed by atoms with Gasteiger partial charge in [0.15, 0.2) is 0 Å². The molecule has 0 fully saturated rings. The van der Waals surface area contributed by atoms with Crippen molar-refractivity contribution in [1.82, 2.24) is 9.97 Å². The Morgan fingerprint density at radius 3 is 2.75 bits per heavy atom. The van der Waals surface area contributed by atoms with Gasteiger partial charge in [0.1, 0.15) is 0 Å². The van der Waals surface area contributed by atoms with Gasteiger partial charge in [0.25, 0.3) is 0 Å². The number of rotatable bonds is 1. The normalized spacial score (nSPS) is 8.12. The third-order valence-electron chi connectivity index (χ3n) is 0.725. The molecule has 4 heteroatoms. The van der Waals surface area contributed by atoms with E-state index in [1.807, 2.05) is 0 Å². The van der Waals surface area contributed by atoms with Crippen molar-refractivity contribution in [2.75, 3.05) is 0 Å². The van der Waals surface area contributed by atoms with Crippen molar-refractivity contribution in [2.24, 2.45) is 0 Å². The third kappa shape index (κ3) is 1.52. The predicted molar refractivity (Wildman–Crippen MR) is 24.5 cm³/mol. The highest BCUT2D eigenvalue weighted by Crippen LogP contribution is 1.86. The number of imidazole rings is 1. The molecule has 0 saturated carbocycles. The summed E-state index contributed by atoms with van der Waals surface area (Å²) in [7, 11) is 0. The zero-order valence-electron chi connectivity index (χ0n) is 4.13. The number of H-pyrrole nitrogens is 1. The molecule has 0 aliphatic rings. The van der Waals surface area contributed by atoms with Crippen molar-refractivity contribution in [3.8, 4) is 0 Å². The molecule has 0 amide bonds. The highest BCUT2D eigenvalue weighted by Gasteiger charge is 1.83. The summed E-state index contributed by atoms with van der Waals surface area (Å²) in [5, 5.41) is 8.36. The van der Waals surface area contributed by atoms with Gasteiger partial charge >= 0.3 is 0 Å². The Balaban J connectivity index is 0.000000490. The lowest BCUT2D eigenvalue weighted by atomic mass is 10.5. The van der Waals surface area contributed by atoms with Crippen LogP contribution < -0.4 is 12.4 Å². The van der Waals surface area contributed by atoms with Crippen molar-refractivity contribution in [3.63, 3.8) is 0 Å². The minimum Gasteiger partial charge on any atom is -1.00 e. The summed E-state index contributed by atoms with van der Waals surface area (Å²) < 4.78 is 0.